The lowest BCUT2D eigenvalue weighted by Gasteiger charge is -2.24. The number of oxime groups is 1. The highest BCUT2D eigenvalue weighted by Crippen LogP contribution is 2.29. The minimum Gasteiger partial charge on any atom is -0.409 e. The van der Waals surface area contributed by atoms with Crippen LogP contribution in [0, 0.1) is 12.8 Å². The molecule has 19 heavy (non-hydrogen) atoms. The molecule has 1 fully saturated rings. The van der Waals surface area contributed by atoms with Gasteiger partial charge in [0.05, 0.1) is 0 Å². The number of nitrogens with one attached hydrogen (secondary N) is 1. The Morgan fingerprint density at radius 3 is 2.84 bits per heavy atom. The molecule has 5 nitrogen and oxygen atoms in total. The lowest BCUT2D eigenvalue weighted by Crippen LogP contribution is -2.21. The van der Waals surface area contributed by atoms with Gasteiger partial charge in [-0.2, -0.15) is 0 Å². The van der Waals surface area contributed by atoms with Gasteiger partial charge >= 0.3 is 0 Å². The maximum Gasteiger partial charge on any atom is 0.224 e. The van der Waals surface area contributed by atoms with E-state index in [0.717, 1.165) is 18.4 Å². The van der Waals surface area contributed by atoms with Crippen molar-refractivity contribution in [1.29, 1.82) is 0 Å². The molecule has 4 N–H and O–H groups in total. The molecule has 0 bridgehead atoms. The highest BCUT2D eigenvalue weighted by atomic mass is 16.4. The van der Waals surface area contributed by atoms with E-state index in [-0.39, 0.29) is 11.7 Å². The standard InChI is InChI=1S/C14H19N3O2/c1-9-5-6-11(14(15)17-19)8-12(9)16-13(18)7-10-3-2-4-10/h5-6,8,10,19H,2-4,7H2,1H3,(H2,15,17)(H,16,18). The van der Waals surface area contributed by atoms with Gasteiger partial charge in [-0.05, 0) is 37.3 Å². The van der Waals surface area contributed by atoms with E-state index in [1.54, 1.807) is 12.1 Å². The van der Waals surface area contributed by atoms with Crippen molar-refractivity contribution in [2.75, 3.05) is 5.32 Å². The molecule has 0 aliphatic heterocycles. The average Bonchev–Trinajstić information content (AvgIpc) is 2.35. The summed E-state index contributed by atoms with van der Waals surface area (Å²) >= 11 is 0. The van der Waals surface area contributed by atoms with Gasteiger partial charge in [0.15, 0.2) is 5.84 Å². The van der Waals surface area contributed by atoms with Crippen molar-refractivity contribution < 1.29 is 10.0 Å². The molecule has 1 aliphatic carbocycles. The Labute approximate surface area is 112 Å². The zero-order valence-electron chi connectivity index (χ0n) is 11.0. The number of nitrogens with two attached hydrogens (primary N) is 1. The van der Waals surface area contributed by atoms with Crippen molar-refractivity contribution in [3.8, 4) is 0 Å². The second-order valence-electron chi connectivity index (χ2n) is 5.06. The van der Waals surface area contributed by atoms with Crippen molar-refractivity contribution in [1.82, 2.24) is 0 Å². The molecule has 1 amide bonds. The van der Waals surface area contributed by atoms with E-state index < -0.39 is 0 Å². The first-order valence-corrected chi connectivity index (χ1v) is 6.48. The van der Waals surface area contributed by atoms with Gasteiger partial charge in [-0.15, -0.1) is 0 Å². The number of carbonyl (C=O) groups is 1. The summed E-state index contributed by atoms with van der Waals surface area (Å²) < 4.78 is 0. The SMILES string of the molecule is Cc1ccc(/C(N)=N/O)cc1NC(=O)CC1CCC1. The molecule has 0 saturated heterocycles. The third-order valence-electron chi connectivity index (χ3n) is 3.61. The Morgan fingerprint density at radius 2 is 2.26 bits per heavy atom. The number of aryl methyl sites for hydroxylation is 1. The van der Waals surface area contributed by atoms with Gasteiger partial charge < -0.3 is 16.3 Å². The summed E-state index contributed by atoms with van der Waals surface area (Å²) in [5, 5.41) is 14.5. The minimum atomic E-state index is 0.0319. The maximum absolute atomic E-state index is 11.9. The molecule has 1 aromatic carbocycles. The predicted octanol–water partition coefficient (Wildman–Crippen LogP) is 2.22. The van der Waals surface area contributed by atoms with E-state index in [1.807, 2.05) is 13.0 Å². The molecule has 0 atom stereocenters. The number of hydrogen-bond acceptors (Lipinski definition) is 3. The van der Waals surface area contributed by atoms with Crippen LogP contribution in [0.5, 0.6) is 0 Å². The highest BCUT2D eigenvalue weighted by Gasteiger charge is 2.20. The number of nitrogens with zero attached hydrogens (tertiary/aromatic N) is 1. The molecule has 5 heteroatoms. The van der Waals surface area contributed by atoms with E-state index >= 15 is 0 Å². The van der Waals surface area contributed by atoms with Crippen LogP contribution in [-0.4, -0.2) is 17.0 Å². The third-order valence-corrected chi connectivity index (χ3v) is 3.61. The van der Waals surface area contributed by atoms with Crippen molar-refractivity contribution in [3.63, 3.8) is 0 Å². The first-order valence-electron chi connectivity index (χ1n) is 6.48. The summed E-state index contributed by atoms with van der Waals surface area (Å²) in [6.07, 6.45) is 4.11. The quantitative estimate of drug-likeness (QED) is 0.336. The van der Waals surface area contributed by atoms with Crippen molar-refractivity contribution in [3.05, 3.63) is 29.3 Å². The van der Waals surface area contributed by atoms with E-state index in [0.29, 0.717) is 23.6 Å². The first-order chi connectivity index (χ1) is 9.10. The molecule has 0 heterocycles. The van der Waals surface area contributed by atoms with Gasteiger partial charge in [0.1, 0.15) is 0 Å². The Bertz CT molecular complexity index is 507. The molecule has 1 aromatic rings. The molecule has 1 saturated carbocycles. The Kier molecular flexibility index (Phi) is 4.04. The Balaban J connectivity index is 2.07. The smallest absolute Gasteiger partial charge is 0.224 e. The number of anilines is 1. The fourth-order valence-electron chi connectivity index (χ4n) is 2.13. The van der Waals surface area contributed by atoms with E-state index in [1.165, 1.54) is 6.42 Å². The second-order valence-corrected chi connectivity index (χ2v) is 5.06. The molecule has 0 aromatic heterocycles. The van der Waals surface area contributed by atoms with Gasteiger partial charge in [-0.1, -0.05) is 23.7 Å². The van der Waals surface area contributed by atoms with Crippen LogP contribution in [0.4, 0.5) is 5.69 Å². The molecule has 0 unspecified atom stereocenters. The van der Waals surface area contributed by atoms with Gasteiger partial charge in [0.2, 0.25) is 5.91 Å². The summed E-state index contributed by atoms with van der Waals surface area (Å²) in [6, 6.07) is 5.32. The molecular formula is C14H19N3O2. The second kappa shape index (κ2) is 5.73. The first kappa shape index (κ1) is 13.4. The normalized spacial score (nSPS) is 15.9. The Morgan fingerprint density at radius 1 is 1.53 bits per heavy atom. The van der Waals surface area contributed by atoms with Crippen LogP contribution < -0.4 is 11.1 Å². The molecule has 102 valence electrons. The predicted molar refractivity (Wildman–Crippen MR) is 74.3 cm³/mol. The molecular weight excluding hydrogens is 242 g/mol. The largest absolute Gasteiger partial charge is 0.409 e. The number of carbonyl (C=O) groups excluding carboxylic acids is 1. The molecule has 0 spiro atoms. The van der Waals surface area contributed by atoms with Crippen LogP contribution in [0.3, 0.4) is 0 Å². The summed E-state index contributed by atoms with van der Waals surface area (Å²) in [6.45, 7) is 1.91. The van der Waals surface area contributed by atoms with Crippen LogP contribution in [0.25, 0.3) is 0 Å². The van der Waals surface area contributed by atoms with E-state index in [4.69, 9.17) is 10.9 Å². The number of rotatable bonds is 4. The minimum absolute atomic E-state index is 0.0319. The summed E-state index contributed by atoms with van der Waals surface area (Å²) in [7, 11) is 0. The number of benzene rings is 1. The van der Waals surface area contributed by atoms with Crippen molar-refractivity contribution in [2.45, 2.75) is 32.6 Å². The van der Waals surface area contributed by atoms with E-state index in [9.17, 15) is 4.79 Å². The van der Waals surface area contributed by atoms with Crippen molar-refractivity contribution in [2.24, 2.45) is 16.8 Å². The average molecular weight is 261 g/mol. The van der Waals surface area contributed by atoms with Crippen molar-refractivity contribution >= 4 is 17.4 Å². The van der Waals surface area contributed by atoms with Crippen LogP contribution in [-0.2, 0) is 4.79 Å². The Hall–Kier alpha value is -2.04. The van der Waals surface area contributed by atoms with Gasteiger partial charge in [0.25, 0.3) is 0 Å². The topological polar surface area (TPSA) is 87.7 Å². The van der Waals surface area contributed by atoms with Crippen LogP contribution >= 0.6 is 0 Å². The van der Waals surface area contributed by atoms with Crippen LogP contribution in [0.2, 0.25) is 0 Å². The highest BCUT2D eigenvalue weighted by molar-refractivity contribution is 5.99. The van der Waals surface area contributed by atoms with Gasteiger partial charge in [-0.3, -0.25) is 4.79 Å². The number of amidine groups is 1. The third kappa shape index (κ3) is 3.24. The zero-order chi connectivity index (χ0) is 13.8. The molecule has 0 radical (unpaired) electrons. The summed E-state index contributed by atoms with van der Waals surface area (Å²) in [5.41, 5.74) is 7.80. The lowest BCUT2D eigenvalue weighted by atomic mass is 9.83. The molecule has 1 aliphatic rings. The number of hydrogen-bond donors (Lipinski definition) is 3. The summed E-state index contributed by atoms with van der Waals surface area (Å²) in [5.74, 6) is 0.603. The molecule has 2 rings (SSSR count). The zero-order valence-corrected chi connectivity index (χ0v) is 11.0. The lowest BCUT2D eigenvalue weighted by molar-refractivity contribution is -0.117. The number of amides is 1. The monoisotopic (exact) mass is 261 g/mol. The van der Waals surface area contributed by atoms with Gasteiger partial charge in [-0.25, -0.2) is 0 Å². The summed E-state index contributed by atoms with van der Waals surface area (Å²) in [4.78, 5) is 11.9. The van der Waals surface area contributed by atoms with E-state index in [2.05, 4.69) is 10.5 Å². The van der Waals surface area contributed by atoms with Crippen LogP contribution in [0.1, 0.15) is 36.8 Å². The van der Waals surface area contributed by atoms with Gasteiger partial charge in [0, 0.05) is 17.7 Å². The maximum atomic E-state index is 11.9. The fraction of sp³-hybridized carbons (Fsp3) is 0.429. The van der Waals surface area contributed by atoms with Crippen LogP contribution in [0.15, 0.2) is 23.4 Å². The fourth-order valence-corrected chi connectivity index (χ4v) is 2.13.